The average molecular weight is 571 g/mol. The fourth-order valence-corrected chi connectivity index (χ4v) is 6.87. The van der Waals surface area contributed by atoms with E-state index in [2.05, 4.69) is 100 Å². The Morgan fingerprint density at radius 3 is 1.86 bits per heavy atom. The number of rotatable bonds is 5. The lowest BCUT2D eigenvalue weighted by Crippen LogP contribution is -2.21. The van der Waals surface area contributed by atoms with Gasteiger partial charge < -0.3 is 4.90 Å². The summed E-state index contributed by atoms with van der Waals surface area (Å²) in [6.45, 7) is 4.19. The Morgan fingerprint density at radius 2 is 1.24 bits per heavy atom. The Bertz CT molecular complexity index is 1790. The third kappa shape index (κ3) is 4.64. The molecule has 0 N–H and O–H groups in total. The molecule has 208 valence electrons. The molecular formula is C35H30N4O2S. The minimum absolute atomic E-state index is 0.0716. The zero-order chi connectivity index (χ0) is 28.8. The molecule has 6 nitrogen and oxygen atoms in total. The molecule has 7 heteroatoms. The minimum atomic E-state index is -0.422. The van der Waals surface area contributed by atoms with Crippen LogP contribution in [0.2, 0.25) is 0 Å². The zero-order valence-electron chi connectivity index (χ0n) is 23.6. The number of aromatic nitrogens is 2. The maximum atomic E-state index is 12.8. The van der Waals surface area contributed by atoms with Crippen LogP contribution in [0.25, 0.3) is 22.2 Å². The molecule has 1 heterocycles. The highest BCUT2D eigenvalue weighted by molar-refractivity contribution is 7.00. The average Bonchev–Trinajstić information content (AvgIpc) is 3.60. The van der Waals surface area contributed by atoms with Crippen molar-refractivity contribution < 1.29 is 9.59 Å². The molecule has 4 aromatic carbocycles. The lowest BCUT2D eigenvalue weighted by molar-refractivity contribution is -0.134. The molecule has 0 aliphatic heterocycles. The molecule has 2 aliphatic carbocycles. The van der Waals surface area contributed by atoms with Crippen LogP contribution >= 0.6 is 11.7 Å². The minimum Gasteiger partial charge on any atom is -0.311 e. The second-order valence-corrected chi connectivity index (χ2v) is 11.9. The van der Waals surface area contributed by atoms with Crippen molar-refractivity contribution in [1.82, 2.24) is 8.75 Å². The maximum absolute atomic E-state index is 12.8. The van der Waals surface area contributed by atoms with Crippen molar-refractivity contribution in [1.29, 1.82) is 0 Å². The third-order valence-corrected chi connectivity index (χ3v) is 9.09. The number of benzene rings is 4. The predicted octanol–water partition coefficient (Wildman–Crippen LogP) is 8.48. The first-order valence-electron chi connectivity index (χ1n) is 14.4. The summed E-state index contributed by atoms with van der Waals surface area (Å²) in [6.07, 6.45) is 3.64. The first-order valence-corrected chi connectivity index (χ1v) is 15.2. The van der Waals surface area contributed by atoms with E-state index < -0.39 is 5.78 Å². The quantitative estimate of drug-likeness (QED) is 0.198. The van der Waals surface area contributed by atoms with E-state index in [-0.39, 0.29) is 17.6 Å². The summed E-state index contributed by atoms with van der Waals surface area (Å²) in [6, 6.07) is 29.5. The number of carbonyl (C=O) groups is 2. The van der Waals surface area contributed by atoms with Gasteiger partial charge in [0, 0.05) is 34.5 Å². The van der Waals surface area contributed by atoms with E-state index in [0.29, 0.717) is 16.9 Å². The lowest BCUT2D eigenvalue weighted by Gasteiger charge is -2.26. The molecule has 0 radical (unpaired) electrons. The monoisotopic (exact) mass is 570 g/mol. The Kier molecular flexibility index (Phi) is 6.75. The van der Waals surface area contributed by atoms with Crippen molar-refractivity contribution in [3.05, 3.63) is 96.1 Å². The van der Waals surface area contributed by atoms with Crippen LogP contribution in [-0.2, 0) is 9.59 Å². The van der Waals surface area contributed by atoms with Gasteiger partial charge in [-0.3, -0.25) is 9.59 Å². The molecule has 2 saturated carbocycles. The Balaban J connectivity index is 1.25. The number of anilines is 3. The normalized spacial score (nSPS) is 19.4. The number of Topliss-reactive ketones (excluding diaryl/α,β-unsaturated/α-hetero) is 2. The van der Waals surface area contributed by atoms with Crippen molar-refractivity contribution in [3.63, 3.8) is 0 Å². The summed E-state index contributed by atoms with van der Waals surface area (Å²) in [5, 5.41) is 0. The molecule has 0 saturated heterocycles. The number of aliphatic imine (C=N–C) groups is 1. The first-order chi connectivity index (χ1) is 20.5. The fraction of sp³-hybridized carbons (Fsp3) is 0.229. The second kappa shape index (κ2) is 10.7. The molecule has 2 aliphatic rings. The van der Waals surface area contributed by atoms with Crippen LogP contribution < -0.4 is 4.90 Å². The number of carbonyl (C=O) groups excluding carboxylic acids is 2. The van der Waals surface area contributed by atoms with Crippen LogP contribution in [0.4, 0.5) is 22.7 Å². The van der Waals surface area contributed by atoms with Crippen LogP contribution in [0.15, 0.2) is 89.9 Å². The number of hydrogen-bond donors (Lipinski definition) is 0. The van der Waals surface area contributed by atoms with Gasteiger partial charge in [0.05, 0.1) is 23.1 Å². The van der Waals surface area contributed by atoms with Crippen LogP contribution in [0.1, 0.15) is 36.8 Å². The number of aryl methyl sites for hydroxylation is 2. The molecule has 1 aromatic heterocycles. The van der Waals surface area contributed by atoms with Crippen LogP contribution in [0, 0.1) is 25.7 Å². The van der Waals surface area contributed by atoms with Crippen LogP contribution in [0.5, 0.6) is 0 Å². The summed E-state index contributed by atoms with van der Waals surface area (Å²) in [7, 11) is 0. The van der Waals surface area contributed by atoms with Gasteiger partial charge in [-0.25, -0.2) is 4.99 Å². The van der Waals surface area contributed by atoms with E-state index in [9.17, 15) is 9.59 Å². The Hall–Kier alpha value is -4.49. The molecule has 0 amide bonds. The van der Waals surface area contributed by atoms with E-state index in [1.807, 2.05) is 12.1 Å². The van der Waals surface area contributed by atoms with E-state index in [0.717, 1.165) is 71.1 Å². The molecule has 2 fully saturated rings. The maximum Gasteiger partial charge on any atom is 0.243 e. The number of nitrogens with zero attached hydrogens (tertiary/aromatic N) is 4. The smallest absolute Gasteiger partial charge is 0.243 e. The van der Waals surface area contributed by atoms with Gasteiger partial charge in [-0.2, -0.15) is 8.75 Å². The molecule has 0 spiro atoms. The summed E-state index contributed by atoms with van der Waals surface area (Å²) in [5.41, 5.74) is 10.1. The van der Waals surface area contributed by atoms with Gasteiger partial charge in [0.25, 0.3) is 0 Å². The van der Waals surface area contributed by atoms with Gasteiger partial charge in [-0.05, 0) is 80.8 Å². The van der Waals surface area contributed by atoms with Gasteiger partial charge >= 0.3 is 0 Å². The van der Waals surface area contributed by atoms with Crippen molar-refractivity contribution >= 4 is 62.8 Å². The molecule has 2 unspecified atom stereocenters. The molecule has 5 aromatic rings. The molecule has 7 rings (SSSR count). The van der Waals surface area contributed by atoms with E-state index in [4.69, 9.17) is 4.99 Å². The van der Waals surface area contributed by atoms with Gasteiger partial charge in [-0.15, -0.1) is 0 Å². The van der Waals surface area contributed by atoms with Crippen molar-refractivity contribution in [2.75, 3.05) is 4.90 Å². The molecular weight excluding hydrogens is 540 g/mol. The van der Waals surface area contributed by atoms with Crippen molar-refractivity contribution in [2.45, 2.75) is 39.5 Å². The summed E-state index contributed by atoms with van der Waals surface area (Å²) in [5.74, 6) is -0.966. The largest absolute Gasteiger partial charge is 0.311 e. The van der Waals surface area contributed by atoms with Gasteiger partial charge in [0.2, 0.25) is 11.6 Å². The summed E-state index contributed by atoms with van der Waals surface area (Å²) < 4.78 is 9.17. The molecule has 42 heavy (non-hydrogen) atoms. The van der Waals surface area contributed by atoms with Crippen molar-refractivity contribution in [2.24, 2.45) is 16.8 Å². The third-order valence-electron chi connectivity index (χ3n) is 8.57. The highest BCUT2D eigenvalue weighted by atomic mass is 32.1. The zero-order valence-corrected chi connectivity index (χ0v) is 24.4. The number of hydrogen-bond acceptors (Lipinski definition) is 7. The predicted molar refractivity (Wildman–Crippen MR) is 170 cm³/mol. The van der Waals surface area contributed by atoms with E-state index >= 15 is 0 Å². The van der Waals surface area contributed by atoms with E-state index in [1.165, 1.54) is 11.1 Å². The van der Waals surface area contributed by atoms with Gasteiger partial charge in [-0.1, -0.05) is 60.4 Å². The standard InChI is InChI=1S/C35H30N4O2S/c1-21-7-13-24(14-8-21)39(25-15-9-22(2)10-16-25)26-17-11-23(12-18-26)27-19-20-30(33-31(27)37-42-38-33)36-32-28-5-3-4-6-29(28)34(40)35(32)41/h7-20,28-29H,3-6H2,1-2H3. The number of ketones is 2. The lowest BCUT2D eigenvalue weighted by atomic mass is 9.81. The van der Waals surface area contributed by atoms with Crippen LogP contribution in [-0.4, -0.2) is 26.0 Å². The van der Waals surface area contributed by atoms with E-state index in [1.54, 1.807) is 0 Å². The summed E-state index contributed by atoms with van der Waals surface area (Å²) in [4.78, 5) is 32.5. The Morgan fingerprint density at radius 1 is 0.690 bits per heavy atom. The highest BCUT2D eigenvalue weighted by Gasteiger charge is 2.47. The SMILES string of the molecule is Cc1ccc(N(c2ccc(C)cc2)c2ccc(-c3ccc(N=C4C(=O)C(=O)C5CCCCC45)c4nsnc34)cc2)cc1. The van der Waals surface area contributed by atoms with Crippen molar-refractivity contribution in [3.8, 4) is 11.1 Å². The highest BCUT2D eigenvalue weighted by Crippen LogP contribution is 2.41. The van der Waals surface area contributed by atoms with Gasteiger partial charge in [0.1, 0.15) is 11.0 Å². The molecule has 0 bridgehead atoms. The topological polar surface area (TPSA) is 75.5 Å². The fourth-order valence-electron chi connectivity index (χ4n) is 6.30. The Labute approximate surface area is 249 Å². The van der Waals surface area contributed by atoms with Crippen LogP contribution in [0.3, 0.4) is 0 Å². The molecule has 2 atom stereocenters. The second-order valence-electron chi connectivity index (χ2n) is 11.3. The summed E-state index contributed by atoms with van der Waals surface area (Å²) >= 11 is 1.13. The number of fused-ring (bicyclic) bond motifs is 2. The first kappa shape index (κ1) is 26.4. The van der Waals surface area contributed by atoms with Gasteiger partial charge in [0.15, 0.2) is 0 Å².